The second kappa shape index (κ2) is 10.6. The van der Waals surface area contributed by atoms with Crippen molar-refractivity contribution in [3.05, 3.63) is 101 Å². The predicted octanol–water partition coefficient (Wildman–Crippen LogP) is 4.26. The predicted molar refractivity (Wildman–Crippen MR) is 137 cm³/mol. The molecule has 0 atom stereocenters. The number of amides is 1. The van der Waals surface area contributed by atoms with Crippen molar-refractivity contribution in [2.45, 2.75) is 13.1 Å². The minimum atomic E-state index is -3.51. The molecule has 3 aromatic rings. The third-order valence-corrected chi connectivity index (χ3v) is 7.31. The van der Waals surface area contributed by atoms with Gasteiger partial charge in [0, 0.05) is 43.3 Å². The fraction of sp³-hybridized carbons (Fsp3) is 0.269. The Morgan fingerprint density at radius 3 is 2.18 bits per heavy atom. The summed E-state index contributed by atoms with van der Waals surface area (Å²) in [7, 11) is -3.51. The molecule has 1 amide bonds. The van der Waals surface area contributed by atoms with E-state index in [9.17, 15) is 13.2 Å². The van der Waals surface area contributed by atoms with Crippen LogP contribution in [0.15, 0.2) is 78.9 Å². The van der Waals surface area contributed by atoms with Crippen LogP contribution in [0.5, 0.6) is 0 Å². The van der Waals surface area contributed by atoms with Gasteiger partial charge in [0.15, 0.2) is 0 Å². The molecule has 4 rings (SSSR count). The van der Waals surface area contributed by atoms with E-state index in [0.717, 1.165) is 25.2 Å². The number of halogens is 1. The van der Waals surface area contributed by atoms with Crippen molar-refractivity contribution in [1.82, 2.24) is 9.80 Å². The number of sulfonamides is 1. The highest BCUT2D eigenvalue weighted by atomic mass is 35.5. The number of carbonyl (C=O) groups excluding carboxylic acids is 1. The Labute approximate surface area is 206 Å². The summed E-state index contributed by atoms with van der Waals surface area (Å²) in [6.45, 7) is 4.09. The lowest BCUT2D eigenvalue weighted by Gasteiger charge is -2.34. The number of rotatable bonds is 7. The molecular formula is C26H28ClN3O3S. The molecule has 1 aliphatic rings. The van der Waals surface area contributed by atoms with Crippen LogP contribution in [0.2, 0.25) is 5.02 Å². The quantitative estimate of drug-likeness (QED) is 0.489. The molecule has 1 heterocycles. The minimum absolute atomic E-state index is 0.000668. The number of carbonyl (C=O) groups is 1. The number of anilines is 1. The van der Waals surface area contributed by atoms with Crippen molar-refractivity contribution >= 4 is 33.2 Å². The molecule has 0 saturated carbocycles. The van der Waals surface area contributed by atoms with Gasteiger partial charge in [-0.1, -0.05) is 60.1 Å². The molecule has 0 spiro atoms. The smallest absolute Gasteiger partial charge is 0.253 e. The van der Waals surface area contributed by atoms with Gasteiger partial charge in [-0.2, -0.15) is 0 Å². The van der Waals surface area contributed by atoms with Gasteiger partial charge in [-0.25, -0.2) is 8.42 Å². The second-order valence-corrected chi connectivity index (χ2v) is 10.8. The summed E-state index contributed by atoms with van der Waals surface area (Å²) in [4.78, 5) is 17.2. The van der Waals surface area contributed by atoms with Crippen LogP contribution in [0.3, 0.4) is 0 Å². The molecule has 0 aromatic heterocycles. The van der Waals surface area contributed by atoms with E-state index in [1.807, 2.05) is 35.2 Å². The van der Waals surface area contributed by atoms with Gasteiger partial charge in [-0.3, -0.25) is 14.0 Å². The van der Waals surface area contributed by atoms with Gasteiger partial charge in [0.2, 0.25) is 10.0 Å². The van der Waals surface area contributed by atoms with Crippen LogP contribution in [0.4, 0.5) is 5.69 Å². The zero-order valence-corrected chi connectivity index (χ0v) is 20.7. The van der Waals surface area contributed by atoms with E-state index < -0.39 is 10.0 Å². The zero-order chi connectivity index (χ0) is 24.1. The highest BCUT2D eigenvalue weighted by Crippen LogP contribution is 2.24. The van der Waals surface area contributed by atoms with Gasteiger partial charge in [0.05, 0.1) is 18.5 Å². The Hall–Kier alpha value is -2.87. The van der Waals surface area contributed by atoms with Crippen LogP contribution >= 0.6 is 11.6 Å². The first kappa shape index (κ1) is 24.3. The maximum atomic E-state index is 13.0. The van der Waals surface area contributed by atoms with Crippen LogP contribution in [0.25, 0.3) is 0 Å². The number of piperazine rings is 1. The average molecular weight is 498 g/mol. The van der Waals surface area contributed by atoms with E-state index in [0.29, 0.717) is 29.4 Å². The van der Waals surface area contributed by atoms with Crippen LogP contribution in [-0.2, 0) is 23.1 Å². The maximum Gasteiger partial charge on any atom is 0.253 e. The van der Waals surface area contributed by atoms with E-state index >= 15 is 0 Å². The lowest BCUT2D eigenvalue weighted by Crippen LogP contribution is -2.48. The lowest BCUT2D eigenvalue weighted by atomic mass is 10.1. The van der Waals surface area contributed by atoms with Gasteiger partial charge in [0.25, 0.3) is 5.91 Å². The van der Waals surface area contributed by atoms with Crippen LogP contribution in [-0.4, -0.2) is 56.6 Å². The van der Waals surface area contributed by atoms with E-state index in [1.165, 1.54) is 16.1 Å². The lowest BCUT2D eigenvalue weighted by molar-refractivity contribution is 0.0628. The number of nitrogens with zero attached hydrogens (tertiary/aromatic N) is 3. The molecule has 1 fully saturated rings. The molecule has 34 heavy (non-hydrogen) atoms. The minimum Gasteiger partial charge on any atom is -0.336 e. The Morgan fingerprint density at radius 2 is 1.56 bits per heavy atom. The zero-order valence-electron chi connectivity index (χ0n) is 19.1. The topological polar surface area (TPSA) is 60.9 Å². The molecule has 0 bridgehead atoms. The molecule has 0 N–H and O–H groups in total. The number of hydrogen-bond donors (Lipinski definition) is 0. The average Bonchev–Trinajstić information content (AvgIpc) is 2.83. The first-order valence-electron chi connectivity index (χ1n) is 11.2. The third kappa shape index (κ3) is 6.17. The fourth-order valence-corrected chi connectivity index (χ4v) is 5.15. The molecule has 0 aliphatic carbocycles. The number of benzene rings is 3. The van der Waals surface area contributed by atoms with Crippen LogP contribution in [0.1, 0.15) is 21.5 Å². The summed E-state index contributed by atoms with van der Waals surface area (Å²) >= 11 is 6.05. The molecule has 0 radical (unpaired) electrons. The molecule has 8 heteroatoms. The Balaban J connectivity index is 1.38. The molecular weight excluding hydrogens is 470 g/mol. The van der Waals surface area contributed by atoms with Crippen LogP contribution < -0.4 is 4.31 Å². The Morgan fingerprint density at radius 1 is 0.882 bits per heavy atom. The van der Waals surface area contributed by atoms with Crippen molar-refractivity contribution in [1.29, 1.82) is 0 Å². The SMILES string of the molecule is CS(=O)(=O)N(Cc1ccc(C(=O)N2CCN(Cc3ccccc3)CC2)cc1)c1cccc(Cl)c1. The molecule has 1 saturated heterocycles. The molecule has 1 aliphatic heterocycles. The Bertz CT molecular complexity index is 1230. The summed E-state index contributed by atoms with van der Waals surface area (Å²) in [5.41, 5.74) is 3.17. The van der Waals surface area contributed by atoms with Gasteiger partial charge >= 0.3 is 0 Å². The molecule has 178 valence electrons. The third-order valence-electron chi connectivity index (χ3n) is 5.93. The second-order valence-electron chi connectivity index (χ2n) is 8.50. The molecule has 6 nitrogen and oxygen atoms in total. The van der Waals surface area contributed by atoms with Gasteiger partial charge < -0.3 is 4.90 Å². The van der Waals surface area contributed by atoms with Crippen molar-refractivity contribution in [3.63, 3.8) is 0 Å². The highest BCUT2D eigenvalue weighted by molar-refractivity contribution is 7.92. The summed E-state index contributed by atoms with van der Waals surface area (Å²) in [6.07, 6.45) is 1.17. The van der Waals surface area contributed by atoms with Gasteiger partial charge in [-0.15, -0.1) is 0 Å². The monoisotopic (exact) mass is 497 g/mol. The molecule has 3 aromatic carbocycles. The molecule has 0 unspecified atom stereocenters. The Kier molecular flexibility index (Phi) is 7.56. The van der Waals surface area contributed by atoms with E-state index in [4.69, 9.17) is 11.6 Å². The van der Waals surface area contributed by atoms with Crippen molar-refractivity contribution in [3.8, 4) is 0 Å². The summed E-state index contributed by atoms with van der Waals surface area (Å²) in [6, 6.07) is 24.3. The summed E-state index contributed by atoms with van der Waals surface area (Å²) in [5, 5.41) is 0.468. The van der Waals surface area contributed by atoms with Gasteiger partial charge in [0.1, 0.15) is 0 Å². The van der Waals surface area contributed by atoms with E-state index in [1.54, 1.807) is 36.4 Å². The van der Waals surface area contributed by atoms with Crippen LogP contribution in [0, 0.1) is 0 Å². The summed E-state index contributed by atoms with van der Waals surface area (Å²) < 4.78 is 26.1. The van der Waals surface area contributed by atoms with Crippen molar-refractivity contribution < 1.29 is 13.2 Å². The van der Waals surface area contributed by atoms with Gasteiger partial charge in [-0.05, 0) is 41.5 Å². The number of hydrogen-bond acceptors (Lipinski definition) is 4. The highest BCUT2D eigenvalue weighted by Gasteiger charge is 2.23. The maximum absolute atomic E-state index is 13.0. The first-order chi connectivity index (χ1) is 16.3. The van der Waals surface area contributed by atoms with Crippen molar-refractivity contribution in [2.24, 2.45) is 0 Å². The van der Waals surface area contributed by atoms with Crippen molar-refractivity contribution in [2.75, 3.05) is 36.7 Å². The first-order valence-corrected chi connectivity index (χ1v) is 13.4. The standard InChI is InChI=1S/C26H28ClN3O3S/c1-34(32,33)30(25-9-5-8-24(27)18-25)20-22-10-12-23(13-11-22)26(31)29-16-14-28(15-17-29)19-21-6-3-2-4-7-21/h2-13,18H,14-17,19-20H2,1H3. The van der Waals surface area contributed by atoms with E-state index in [-0.39, 0.29) is 12.5 Å². The normalized spacial score (nSPS) is 14.7. The largest absolute Gasteiger partial charge is 0.336 e. The fourth-order valence-electron chi connectivity index (χ4n) is 4.08. The summed E-state index contributed by atoms with van der Waals surface area (Å²) in [5.74, 6) is 0.000668. The van der Waals surface area contributed by atoms with E-state index in [2.05, 4.69) is 17.0 Å².